The zero-order valence-electron chi connectivity index (χ0n) is 17.1. The summed E-state index contributed by atoms with van der Waals surface area (Å²) in [7, 11) is 1.95. The van der Waals surface area contributed by atoms with E-state index in [0.29, 0.717) is 12.5 Å². The van der Waals surface area contributed by atoms with Crippen LogP contribution in [0, 0.1) is 27.7 Å². The molecule has 1 aliphatic rings. The fourth-order valence-electron chi connectivity index (χ4n) is 3.82. The van der Waals surface area contributed by atoms with Gasteiger partial charge in [0.05, 0.1) is 6.42 Å². The number of benzene rings is 1. The topological polar surface area (TPSA) is 49.3 Å². The standard InChI is InChI=1S/C22H30N4O/c1-15-6-7-16(2)19(12-15)14-22(27)25(5)20-8-10-26(11-9-20)21-13-17(3)23-18(4)24-21/h6-7,12-13,20H,8-11,14H2,1-5H3. The van der Waals surface area contributed by atoms with Crippen molar-refractivity contribution in [2.75, 3.05) is 25.0 Å². The van der Waals surface area contributed by atoms with Crippen molar-refractivity contribution in [1.82, 2.24) is 14.9 Å². The minimum Gasteiger partial charge on any atom is -0.356 e. The first kappa shape index (κ1) is 19.3. The monoisotopic (exact) mass is 366 g/mol. The first-order valence-electron chi connectivity index (χ1n) is 9.72. The van der Waals surface area contributed by atoms with Gasteiger partial charge < -0.3 is 9.80 Å². The zero-order chi connectivity index (χ0) is 19.6. The summed E-state index contributed by atoms with van der Waals surface area (Å²) in [5.41, 5.74) is 4.53. The van der Waals surface area contributed by atoms with E-state index in [1.165, 1.54) is 11.1 Å². The molecular weight excluding hydrogens is 336 g/mol. The van der Waals surface area contributed by atoms with Gasteiger partial charge in [0, 0.05) is 37.9 Å². The Bertz CT molecular complexity index is 805. The molecule has 1 amide bonds. The SMILES string of the molecule is Cc1ccc(C)c(CC(=O)N(C)C2CCN(c3cc(C)nc(C)n3)CC2)c1. The molecule has 2 aromatic rings. The van der Waals surface area contributed by atoms with Crippen molar-refractivity contribution < 1.29 is 4.79 Å². The Hall–Kier alpha value is -2.43. The van der Waals surface area contributed by atoms with Crippen LogP contribution in [0.2, 0.25) is 0 Å². The van der Waals surface area contributed by atoms with Gasteiger partial charge in [-0.15, -0.1) is 0 Å². The molecule has 5 heteroatoms. The Morgan fingerprint density at radius 2 is 1.81 bits per heavy atom. The number of likely N-dealkylation sites (N-methyl/N-ethyl adjacent to an activating group) is 1. The smallest absolute Gasteiger partial charge is 0.226 e. The third kappa shape index (κ3) is 4.65. The molecule has 0 saturated carbocycles. The highest BCUT2D eigenvalue weighted by Crippen LogP contribution is 2.22. The average Bonchev–Trinajstić information content (AvgIpc) is 2.63. The van der Waals surface area contributed by atoms with Gasteiger partial charge in [0.25, 0.3) is 0 Å². The number of hydrogen-bond donors (Lipinski definition) is 0. The van der Waals surface area contributed by atoms with Gasteiger partial charge >= 0.3 is 0 Å². The summed E-state index contributed by atoms with van der Waals surface area (Å²) < 4.78 is 0. The summed E-state index contributed by atoms with van der Waals surface area (Å²) in [5, 5.41) is 0. The largest absolute Gasteiger partial charge is 0.356 e. The molecule has 0 bridgehead atoms. The van der Waals surface area contributed by atoms with Crippen LogP contribution in [0.1, 0.15) is 41.1 Å². The average molecular weight is 367 g/mol. The number of carbonyl (C=O) groups is 1. The number of carbonyl (C=O) groups excluding carboxylic acids is 1. The lowest BCUT2D eigenvalue weighted by atomic mass is 10.00. The van der Waals surface area contributed by atoms with Crippen molar-refractivity contribution in [1.29, 1.82) is 0 Å². The Morgan fingerprint density at radius 1 is 1.11 bits per heavy atom. The predicted octanol–water partition coefficient (Wildman–Crippen LogP) is 3.38. The first-order chi connectivity index (χ1) is 12.8. The van der Waals surface area contributed by atoms with E-state index in [2.05, 4.69) is 46.9 Å². The van der Waals surface area contributed by atoms with E-state index in [0.717, 1.165) is 48.8 Å². The van der Waals surface area contributed by atoms with Gasteiger partial charge in [0.1, 0.15) is 11.6 Å². The molecule has 1 saturated heterocycles. The lowest BCUT2D eigenvalue weighted by molar-refractivity contribution is -0.131. The van der Waals surface area contributed by atoms with Crippen LogP contribution in [0.3, 0.4) is 0 Å². The van der Waals surface area contributed by atoms with E-state index < -0.39 is 0 Å². The van der Waals surface area contributed by atoms with Crippen LogP contribution >= 0.6 is 0 Å². The maximum atomic E-state index is 12.8. The third-order valence-electron chi connectivity index (χ3n) is 5.53. The van der Waals surface area contributed by atoms with Crippen LogP contribution in [-0.4, -0.2) is 47.0 Å². The molecule has 0 N–H and O–H groups in total. The third-order valence-corrected chi connectivity index (χ3v) is 5.53. The van der Waals surface area contributed by atoms with Crippen LogP contribution < -0.4 is 4.90 Å². The molecule has 0 radical (unpaired) electrons. The van der Waals surface area contributed by atoms with E-state index in [-0.39, 0.29) is 5.91 Å². The summed E-state index contributed by atoms with van der Waals surface area (Å²) in [6, 6.07) is 8.66. The number of aromatic nitrogens is 2. The molecule has 0 unspecified atom stereocenters. The molecule has 1 aliphatic heterocycles. The van der Waals surface area contributed by atoms with Gasteiger partial charge in [-0.3, -0.25) is 4.79 Å². The minimum atomic E-state index is 0.205. The number of nitrogens with zero attached hydrogens (tertiary/aromatic N) is 4. The second kappa shape index (κ2) is 8.07. The van der Waals surface area contributed by atoms with Crippen molar-refractivity contribution in [2.45, 2.75) is 53.0 Å². The summed E-state index contributed by atoms with van der Waals surface area (Å²) in [6.07, 6.45) is 2.42. The zero-order valence-corrected chi connectivity index (χ0v) is 17.1. The number of anilines is 1. The van der Waals surface area contributed by atoms with Gasteiger partial charge in [0.2, 0.25) is 5.91 Å². The van der Waals surface area contributed by atoms with Crippen LogP contribution in [0.4, 0.5) is 5.82 Å². The highest BCUT2D eigenvalue weighted by atomic mass is 16.2. The van der Waals surface area contributed by atoms with Crippen molar-refractivity contribution in [2.24, 2.45) is 0 Å². The quantitative estimate of drug-likeness (QED) is 0.832. The Kier molecular flexibility index (Phi) is 5.78. The van der Waals surface area contributed by atoms with Crippen molar-refractivity contribution in [3.63, 3.8) is 0 Å². The fraction of sp³-hybridized carbons (Fsp3) is 0.500. The van der Waals surface area contributed by atoms with Crippen LogP contribution in [0.15, 0.2) is 24.3 Å². The number of rotatable bonds is 4. The summed E-state index contributed by atoms with van der Waals surface area (Å²) >= 11 is 0. The van der Waals surface area contributed by atoms with E-state index in [4.69, 9.17) is 0 Å². The minimum absolute atomic E-state index is 0.205. The lowest BCUT2D eigenvalue weighted by Crippen LogP contribution is -2.46. The summed E-state index contributed by atoms with van der Waals surface area (Å²) in [6.45, 7) is 9.92. The molecule has 144 valence electrons. The molecule has 1 aromatic carbocycles. The van der Waals surface area contributed by atoms with Crippen LogP contribution in [0.25, 0.3) is 0 Å². The van der Waals surface area contributed by atoms with Crippen molar-refractivity contribution in [3.8, 4) is 0 Å². The molecule has 5 nitrogen and oxygen atoms in total. The molecular formula is C22H30N4O. The van der Waals surface area contributed by atoms with E-state index in [9.17, 15) is 4.79 Å². The Labute approximate surface area is 162 Å². The Morgan fingerprint density at radius 3 is 2.48 bits per heavy atom. The van der Waals surface area contributed by atoms with E-state index in [1.807, 2.05) is 31.9 Å². The number of hydrogen-bond acceptors (Lipinski definition) is 4. The molecule has 27 heavy (non-hydrogen) atoms. The maximum Gasteiger partial charge on any atom is 0.226 e. The van der Waals surface area contributed by atoms with Gasteiger partial charge in [-0.1, -0.05) is 23.8 Å². The first-order valence-corrected chi connectivity index (χ1v) is 9.72. The van der Waals surface area contributed by atoms with Crippen molar-refractivity contribution in [3.05, 3.63) is 52.5 Å². The van der Waals surface area contributed by atoms with Gasteiger partial charge in [0.15, 0.2) is 0 Å². The maximum absolute atomic E-state index is 12.8. The predicted molar refractivity (Wildman–Crippen MR) is 109 cm³/mol. The molecule has 2 heterocycles. The van der Waals surface area contributed by atoms with Crippen LogP contribution in [0.5, 0.6) is 0 Å². The van der Waals surface area contributed by atoms with E-state index >= 15 is 0 Å². The molecule has 1 fully saturated rings. The summed E-state index contributed by atoms with van der Waals surface area (Å²) in [4.78, 5) is 26.0. The second-order valence-corrected chi connectivity index (χ2v) is 7.74. The molecule has 0 atom stereocenters. The molecule has 1 aromatic heterocycles. The van der Waals surface area contributed by atoms with Gasteiger partial charge in [-0.05, 0) is 51.7 Å². The number of piperidine rings is 1. The normalized spacial score (nSPS) is 15.1. The van der Waals surface area contributed by atoms with Crippen LogP contribution in [-0.2, 0) is 11.2 Å². The molecule has 0 aliphatic carbocycles. The fourth-order valence-corrected chi connectivity index (χ4v) is 3.82. The highest BCUT2D eigenvalue weighted by molar-refractivity contribution is 5.79. The highest BCUT2D eigenvalue weighted by Gasteiger charge is 2.26. The molecule has 3 rings (SSSR count). The Balaban J connectivity index is 1.60. The lowest BCUT2D eigenvalue weighted by Gasteiger charge is -2.37. The van der Waals surface area contributed by atoms with Crippen molar-refractivity contribution >= 4 is 11.7 Å². The summed E-state index contributed by atoms with van der Waals surface area (Å²) in [5.74, 6) is 2.02. The van der Waals surface area contributed by atoms with Gasteiger partial charge in [-0.2, -0.15) is 0 Å². The second-order valence-electron chi connectivity index (χ2n) is 7.74. The molecule has 0 spiro atoms. The number of amides is 1. The van der Waals surface area contributed by atoms with E-state index in [1.54, 1.807) is 0 Å². The number of aryl methyl sites for hydroxylation is 4. The van der Waals surface area contributed by atoms with Gasteiger partial charge in [-0.25, -0.2) is 9.97 Å².